The molecule has 0 aliphatic rings. The SMILES string of the molecule is CN(Cc1ccccc1)Cc1cncc(C(C)(C)C)c1. The highest BCUT2D eigenvalue weighted by Gasteiger charge is 2.14. The monoisotopic (exact) mass is 268 g/mol. The van der Waals surface area contributed by atoms with Gasteiger partial charge in [-0.3, -0.25) is 9.88 Å². The van der Waals surface area contributed by atoms with Crippen molar-refractivity contribution in [1.29, 1.82) is 0 Å². The van der Waals surface area contributed by atoms with Crippen LogP contribution in [-0.4, -0.2) is 16.9 Å². The molecule has 1 aromatic carbocycles. The maximum absolute atomic E-state index is 4.38. The van der Waals surface area contributed by atoms with Crippen LogP contribution in [0, 0.1) is 0 Å². The van der Waals surface area contributed by atoms with Gasteiger partial charge in [-0.15, -0.1) is 0 Å². The minimum Gasteiger partial charge on any atom is -0.298 e. The predicted octanol–water partition coefficient (Wildman–Crippen LogP) is 4.01. The highest BCUT2D eigenvalue weighted by atomic mass is 15.1. The fourth-order valence-electron chi connectivity index (χ4n) is 2.25. The molecule has 0 fully saturated rings. The van der Waals surface area contributed by atoms with Crippen molar-refractivity contribution in [3.8, 4) is 0 Å². The molecule has 0 radical (unpaired) electrons. The highest BCUT2D eigenvalue weighted by molar-refractivity contribution is 5.24. The molecule has 2 rings (SSSR count). The molecule has 106 valence electrons. The third-order valence-electron chi connectivity index (χ3n) is 3.41. The first-order valence-corrected chi connectivity index (χ1v) is 7.12. The lowest BCUT2D eigenvalue weighted by Crippen LogP contribution is -2.18. The van der Waals surface area contributed by atoms with Crippen LogP contribution >= 0.6 is 0 Å². The molecule has 2 aromatic rings. The molecule has 2 nitrogen and oxygen atoms in total. The van der Waals surface area contributed by atoms with Crippen LogP contribution in [0.3, 0.4) is 0 Å². The Kier molecular flexibility index (Phi) is 4.56. The lowest BCUT2D eigenvalue weighted by Gasteiger charge is -2.21. The lowest BCUT2D eigenvalue weighted by atomic mass is 9.87. The topological polar surface area (TPSA) is 16.1 Å². The number of rotatable bonds is 4. The van der Waals surface area contributed by atoms with Gasteiger partial charge in [-0.2, -0.15) is 0 Å². The van der Waals surface area contributed by atoms with E-state index in [2.05, 4.69) is 74.1 Å². The van der Waals surface area contributed by atoms with E-state index < -0.39 is 0 Å². The Morgan fingerprint density at radius 1 is 0.950 bits per heavy atom. The van der Waals surface area contributed by atoms with Gasteiger partial charge < -0.3 is 0 Å². The summed E-state index contributed by atoms with van der Waals surface area (Å²) >= 11 is 0. The van der Waals surface area contributed by atoms with Gasteiger partial charge in [0.2, 0.25) is 0 Å². The molecule has 20 heavy (non-hydrogen) atoms. The number of aromatic nitrogens is 1. The fraction of sp³-hybridized carbons (Fsp3) is 0.389. The summed E-state index contributed by atoms with van der Waals surface area (Å²) in [5, 5.41) is 0. The number of nitrogens with zero attached hydrogens (tertiary/aromatic N) is 2. The molecule has 0 saturated heterocycles. The highest BCUT2D eigenvalue weighted by Crippen LogP contribution is 2.22. The summed E-state index contributed by atoms with van der Waals surface area (Å²) < 4.78 is 0. The minimum atomic E-state index is 0.154. The summed E-state index contributed by atoms with van der Waals surface area (Å²) in [5.41, 5.74) is 4.06. The van der Waals surface area contributed by atoms with Crippen molar-refractivity contribution >= 4 is 0 Å². The number of hydrogen-bond donors (Lipinski definition) is 0. The van der Waals surface area contributed by atoms with E-state index in [9.17, 15) is 0 Å². The molecule has 1 aromatic heterocycles. The number of benzene rings is 1. The molecule has 1 heterocycles. The fourth-order valence-corrected chi connectivity index (χ4v) is 2.25. The normalized spacial score (nSPS) is 11.8. The summed E-state index contributed by atoms with van der Waals surface area (Å²) in [6.45, 7) is 8.55. The van der Waals surface area contributed by atoms with Crippen LogP contribution in [0.2, 0.25) is 0 Å². The Morgan fingerprint density at radius 2 is 1.60 bits per heavy atom. The van der Waals surface area contributed by atoms with Gasteiger partial charge in [-0.25, -0.2) is 0 Å². The molecule has 0 bridgehead atoms. The van der Waals surface area contributed by atoms with Gasteiger partial charge in [-0.05, 0) is 29.2 Å². The Labute approximate surface area is 122 Å². The zero-order valence-corrected chi connectivity index (χ0v) is 12.9. The first-order valence-electron chi connectivity index (χ1n) is 7.12. The van der Waals surface area contributed by atoms with E-state index in [4.69, 9.17) is 0 Å². The number of hydrogen-bond acceptors (Lipinski definition) is 2. The van der Waals surface area contributed by atoms with Crippen LogP contribution in [0.4, 0.5) is 0 Å². The maximum atomic E-state index is 4.38. The Morgan fingerprint density at radius 3 is 2.25 bits per heavy atom. The van der Waals surface area contributed by atoms with Gasteiger partial charge in [0.15, 0.2) is 0 Å². The van der Waals surface area contributed by atoms with Crippen LogP contribution in [-0.2, 0) is 18.5 Å². The third kappa shape index (κ3) is 4.17. The van der Waals surface area contributed by atoms with Gasteiger partial charge in [0.05, 0.1) is 0 Å². The van der Waals surface area contributed by atoms with E-state index in [1.54, 1.807) is 0 Å². The molecule has 0 spiro atoms. The van der Waals surface area contributed by atoms with Crippen molar-refractivity contribution in [3.63, 3.8) is 0 Å². The van der Waals surface area contributed by atoms with Crippen molar-refractivity contribution in [2.75, 3.05) is 7.05 Å². The van der Waals surface area contributed by atoms with E-state index in [0.29, 0.717) is 0 Å². The molecule has 0 aliphatic heterocycles. The summed E-state index contributed by atoms with van der Waals surface area (Å²) in [4.78, 5) is 6.70. The third-order valence-corrected chi connectivity index (χ3v) is 3.41. The Bertz CT molecular complexity index is 541. The largest absolute Gasteiger partial charge is 0.298 e. The summed E-state index contributed by atoms with van der Waals surface area (Å²) in [7, 11) is 2.15. The first-order chi connectivity index (χ1) is 9.45. The smallest absolute Gasteiger partial charge is 0.0313 e. The van der Waals surface area contributed by atoms with Gasteiger partial charge in [0.25, 0.3) is 0 Å². The van der Waals surface area contributed by atoms with Crippen LogP contribution in [0.5, 0.6) is 0 Å². The summed E-state index contributed by atoms with van der Waals surface area (Å²) in [6.07, 6.45) is 3.94. The predicted molar refractivity (Wildman–Crippen MR) is 84.6 cm³/mol. The second kappa shape index (κ2) is 6.19. The quantitative estimate of drug-likeness (QED) is 0.833. The van der Waals surface area contributed by atoms with Crippen LogP contribution < -0.4 is 0 Å². The van der Waals surface area contributed by atoms with Crippen LogP contribution in [0.1, 0.15) is 37.5 Å². The van der Waals surface area contributed by atoms with Gasteiger partial charge >= 0.3 is 0 Å². The van der Waals surface area contributed by atoms with Crippen molar-refractivity contribution in [2.45, 2.75) is 39.3 Å². The lowest BCUT2D eigenvalue weighted by molar-refractivity contribution is 0.318. The molecule has 0 amide bonds. The summed E-state index contributed by atoms with van der Waals surface area (Å²) in [6, 6.07) is 12.8. The van der Waals surface area contributed by atoms with Crippen molar-refractivity contribution < 1.29 is 0 Å². The van der Waals surface area contributed by atoms with E-state index >= 15 is 0 Å². The first kappa shape index (κ1) is 14.7. The zero-order chi connectivity index (χ0) is 14.6. The molecule has 0 aliphatic carbocycles. The zero-order valence-electron chi connectivity index (χ0n) is 12.9. The van der Waals surface area contributed by atoms with Gasteiger partial charge in [0.1, 0.15) is 0 Å². The molecule has 0 unspecified atom stereocenters. The maximum Gasteiger partial charge on any atom is 0.0313 e. The van der Waals surface area contributed by atoms with E-state index in [1.807, 2.05) is 12.4 Å². The molecule has 0 N–H and O–H groups in total. The van der Waals surface area contributed by atoms with E-state index in [1.165, 1.54) is 16.7 Å². The molecule has 2 heteroatoms. The van der Waals surface area contributed by atoms with Crippen molar-refractivity contribution in [2.24, 2.45) is 0 Å². The number of pyridine rings is 1. The second-order valence-electron chi connectivity index (χ2n) is 6.49. The van der Waals surface area contributed by atoms with Crippen LogP contribution in [0.15, 0.2) is 48.8 Å². The summed E-state index contributed by atoms with van der Waals surface area (Å²) in [5.74, 6) is 0. The Balaban J connectivity index is 2.03. The molecular formula is C18H24N2. The van der Waals surface area contributed by atoms with E-state index in [-0.39, 0.29) is 5.41 Å². The molecule has 0 saturated carbocycles. The minimum absolute atomic E-state index is 0.154. The average molecular weight is 268 g/mol. The standard InChI is InChI=1S/C18H24N2/c1-18(2,3)17-10-16(11-19-12-17)14-20(4)13-15-8-6-5-7-9-15/h5-12H,13-14H2,1-4H3. The van der Waals surface area contributed by atoms with Crippen molar-refractivity contribution in [3.05, 3.63) is 65.5 Å². The average Bonchev–Trinajstić information content (AvgIpc) is 2.39. The van der Waals surface area contributed by atoms with Crippen LogP contribution in [0.25, 0.3) is 0 Å². The van der Waals surface area contributed by atoms with Crippen molar-refractivity contribution in [1.82, 2.24) is 9.88 Å². The van der Waals surface area contributed by atoms with Gasteiger partial charge in [-0.1, -0.05) is 57.2 Å². The van der Waals surface area contributed by atoms with E-state index in [0.717, 1.165) is 13.1 Å². The van der Waals surface area contributed by atoms with Gasteiger partial charge in [0, 0.05) is 25.5 Å². The molecule has 0 atom stereocenters. The second-order valence-corrected chi connectivity index (χ2v) is 6.49. The molecular weight excluding hydrogens is 244 g/mol. The Hall–Kier alpha value is -1.67.